The summed E-state index contributed by atoms with van der Waals surface area (Å²) in [4.78, 5) is 13.9. The number of piperazine rings is 1. The third-order valence-electron chi connectivity index (χ3n) is 3.37. The molecule has 1 N–H and O–H groups in total. The highest BCUT2D eigenvalue weighted by atomic mass is 79.9. The summed E-state index contributed by atoms with van der Waals surface area (Å²) in [5.41, 5.74) is 1.19. The molecule has 4 heteroatoms. The van der Waals surface area contributed by atoms with E-state index in [0.717, 1.165) is 24.0 Å². The monoisotopic (exact) mass is 280 g/mol. The minimum Gasteiger partial charge on any atom is -0.333 e. The first-order valence-electron chi connectivity index (χ1n) is 5.52. The van der Waals surface area contributed by atoms with E-state index in [4.69, 9.17) is 0 Å². The molecule has 0 spiro atoms. The number of carbonyl (C=O) groups excluding carboxylic acids is 1. The number of hydrogen-bond donors (Lipinski definition) is 1. The highest BCUT2D eigenvalue weighted by Gasteiger charge is 2.44. The van der Waals surface area contributed by atoms with Crippen LogP contribution in [-0.4, -0.2) is 29.4 Å². The molecule has 2 aliphatic heterocycles. The van der Waals surface area contributed by atoms with Gasteiger partial charge in [-0.05, 0) is 24.1 Å². The Bertz CT molecular complexity index is 435. The van der Waals surface area contributed by atoms with E-state index in [-0.39, 0.29) is 11.9 Å². The third-order valence-corrected chi connectivity index (χ3v) is 3.86. The van der Waals surface area contributed by atoms with Crippen molar-refractivity contribution in [3.63, 3.8) is 0 Å². The largest absolute Gasteiger partial charge is 0.333 e. The van der Waals surface area contributed by atoms with E-state index in [9.17, 15) is 4.79 Å². The Labute approximate surface area is 103 Å². The molecule has 84 valence electrons. The highest BCUT2D eigenvalue weighted by Crippen LogP contribution is 2.26. The number of likely N-dealkylation sites (tertiary alicyclic amines) is 1. The van der Waals surface area contributed by atoms with Crippen LogP contribution in [0, 0.1) is 0 Å². The zero-order chi connectivity index (χ0) is 11.1. The van der Waals surface area contributed by atoms with Gasteiger partial charge in [0.1, 0.15) is 0 Å². The molecule has 0 saturated carbocycles. The van der Waals surface area contributed by atoms with E-state index in [0.29, 0.717) is 6.04 Å². The SMILES string of the molecule is O=C1C2CC(CN2)N1Cc1cccc(Br)c1. The lowest BCUT2D eigenvalue weighted by molar-refractivity contribution is -0.132. The summed E-state index contributed by atoms with van der Waals surface area (Å²) >= 11 is 3.45. The van der Waals surface area contributed by atoms with Gasteiger partial charge in [-0.2, -0.15) is 0 Å². The van der Waals surface area contributed by atoms with Crippen molar-refractivity contribution in [2.75, 3.05) is 6.54 Å². The van der Waals surface area contributed by atoms with Crippen molar-refractivity contribution in [2.24, 2.45) is 0 Å². The van der Waals surface area contributed by atoms with Crippen LogP contribution in [-0.2, 0) is 11.3 Å². The van der Waals surface area contributed by atoms with Gasteiger partial charge in [0.25, 0.3) is 0 Å². The van der Waals surface area contributed by atoms with Crippen LogP contribution < -0.4 is 5.32 Å². The maximum atomic E-state index is 11.9. The number of rotatable bonds is 2. The van der Waals surface area contributed by atoms with Crippen LogP contribution in [0.25, 0.3) is 0 Å². The van der Waals surface area contributed by atoms with Crippen LogP contribution in [0.4, 0.5) is 0 Å². The number of nitrogens with zero attached hydrogens (tertiary/aromatic N) is 1. The summed E-state index contributed by atoms with van der Waals surface area (Å²) in [5, 5.41) is 3.23. The highest BCUT2D eigenvalue weighted by molar-refractivity contribution is 9.10. The van der Waals surface area contributed by atoms with Gasteiger partial charge in [-0.3, -0.25) is 4.79 Å². The second-order valence-corrected chi connectivity index (χ2v) is 5.36. The average Bonchev–Trinajstić information content (AvgIpc) is 2.82. The number of halogens is 1. The van der Waals surface area contributed by atoms with Crippen LogP contribution in [0.5, 0.6) is 0 Å². The summed E-state index contributed by atoms with van der Waals surface area (Å²) < 4.78 is 1.07. The summed E-state index contributed by atoms with van der Waals surface area (Å²) in [6, 6.07) is 8.64. The Morgan fingerprint density at radius 3 is 3.06 bits per heavy atom. The van der Waals surface area contributed by atoms with Crippen molar-refractivity contribution in [3.05, 3.63) is 34.3 Å². The Morgan fingerprint density at radius 2 is 2.38 bits per heavy atom. The topological polar surface area (TPSA) is 32.3 Å². The first-order valence-corrected chi connectivity index (χ1v) is 6.31. The molecule has 2 bridgehead atoms. The molecule has 2 unspecified atom stereocenters. The van der Waals surface area contributed by atoms with Crippen molar-refractivity contribution >= 4 is 21.8 Å². The molecule has 2 fully saturated rings. The fourth-order valence-electron chi connectivity index (χ4n) is 2.56. The molecule has 1 aromatic rings. The Kier molecular flexibility index (Phi) is 2.48. The predicted octanol–water partition coefficient (Wildman–Crippen LogP) is 1.52. The first kappa shape index (κ1) is 10.3. The van der Waals surface area contributed by atoms with Crippen molar-refractivity contribution in [1.82, 2.24) is 10.2 Å². The molecule has 2 aliphatic rings. The van der Waals surface area contributed by atoms with Gasteiger partial charge >= 0.3 is 0 Å². The van der Waals surface area contributed by atoms with Crippen LogP contribution in [0.3, 0.4) is 0 Å². The lowest BCUT2D eigenvalue weighted by Crippen LogP contribution is -2.47. The summed E-state index contributed by atoms with van der Waals surface area (Å²) in [7, 11) is 0. The number of hydrogen-bond acceptors (Lipinski definition) is 2. The number of fused-ring (bicyclic) bond motifs is 2. The third kappa shape index (κ3) is 1.66. The lowest BCUT2D eigenvalue weighted by atomic mass is 10.2. The lowest BCUT2D eigenvalue weighted by Gasteiger charge is -2.27. The Morgan fingerprint density at radius 1 is 1.50 bits per heavy atom. The zero-order valence-electron chi connectivity index (χ0n) is 8.82. The van der Waals surface area contributed by atoms with Gasteiger partial charge in [-0.25, -0.2) is 0 Å². The quantitative estimate of drug-likeness (QED) is 0.891. The molecule has 0 aliphatic carbocycles. The van der Waals surface area contributed by atoms with E-state index in [1.807, 2.05) is 17.0 Å². The number of carbonyl (C=O) groups is 1. The van der Waals surface area contributed by atoms with Crippen LogP contribution in [0.15, 0.2) is 28.7 Å². The maximum absolute atomic E-state index is 11.9. The fourth-order valence-corrected chi connectivity index (χ4v) is 3.01. The van der Waals surface area contributed by atoms with Gasteiger partial charge < -0.3 is 10.2 Å². The molecular formula is C12H13BrN2O. The summed E-state index contributed by atoms with van der Waals surface area (Å²) in [5.74, 6) is 0.260. The van der Waals surface area contributed by atoms with Crippen molar-refractivity contribution in [3.8, 4) is 0 Å². The fraction of sp³-hybridized carbons (Fsp3) is 0.417. The van der Waals surface area contributed by atoms with Gasteiger partial charge in [0, 0.05) is 23.6 Å². The number of benzene rings is 1. The standard InChI is InChI=1S/C12H13BrN2O/c13-9-3-1-2-8(4-9)7-15-10-5-11(12(15)16)14-6-10/h1-4,10-11,14H,5-7H2. The van der Waals surface area contributed by atoms with Gasteiger partial charge in [0.05, 0.1) is 6.04 Å². The Hall–Kier alpha value is -0.870. The smallest absolute Gasteiger partial charge is 0.240 e. The first-order chi connectivity index (χ1) is 7.74. The van der Waals surface area contributed by atoms with Gasteiger partial charge in [0.15, 0.2) is 0 Å². The molecule has 2 saturated heterocycles. The van der Waals surface area contributed by atoms with Gasteiger partial charge in [-0.1, -0.05) is 28.1 Å². The van der Waals surface area contributed by atoms with E-state index in [1.54, 1.807) is 0 Å². The molecular weight excluding hydrogens is 268 g/mol. The molecule has 2 atom stereocenters. The molecule has 0 aromatic heterocycles. The molecule has 2 heterocycles. The van der Waals surface area contributed by atoms with Gasteiger partial charge in [-0.15, -0.1) is 0 Å². The second kappa shape index (κ2) is 3.86. The minimum atomic E-state index is 0.0807. The number of amides is 1. The van der Waals surface area contributed by atoms with Crippen molar-refractivity contribution < 1.29 is 4.79 Å². The van der Waals surface area contributed by atoms with E-state index < -0.39 is 0 Å². The zero-order valence-corrected chi connectivity index (χ0v) is 10.4. The van der Waals surface area contributed by atoms with Gasteiger partial charge in [0.2, 0.25) is 5.91 Å². The average molecular weight is 281 g/mol. The summed E-state index contributed by atoms with van der Waals surface area (Å²) in [6.45, 7) is 1.69. The van der Waals surface area contributed by atoms with Crippen LogP contribution >= 0.6 is 15.9 Å². The van der Waals surface area contributed by atoms with Crippen molar-refractivity contribution in [2.45, 2.75) is 25.0 Å². The normalized spacial score (nSPS) is 27.8. The maximum Gasteiger partial charge on any atom is 0.240 e. The van der Waals surface area contributed by atoms with E-state index >= 15 is 0 Å². The Balaban J connectivity index is 1.78. The molecule has 3 nitrogen and oxygen atoms in total. The van der Waals surface area contributed by atoms with Crippen LogP contribution in [0.2, 0.25) is 0 Å². The second-order valence-electron chi connectivity index (χ2n) is 4.45. The molecule has 1 aromatic carbocycles. The van der Waals surface area contributed by atoms with E-state index in [1.165, 1.54) is 5.56 Å². The molecule has 16 heavy (non-hydrogen) atoms. The molecule has 0 radical (unpaired) electrons. The molecule has 3 rings (SSSR count). The molecule has 1 amide bonds. The van der Waals surface area contributed by atoms with Crippen molar-refractivity contribution in [1.29, 1.82) is 0 Å². The predicted molar refractivity (Wildman–Crippen MR) is 64.9 cm³/mol. The summed E-state index contributed by atoms with van der Waals surface area (Å²) in [6.07, 6.45) is 0.979. The van der Waals surface area contributed by atoms with Crippen LogP contribution in [0.1, 0.15) is 12.0 Å². The minimum absolute atomic E-state index is 0.0807. The number of nitrogens with one attached hydrogen (secondary N) is 1. The van der Waals surface area contributed by atoms with E-state index in [2.05, 4.69) is 33.4 Å².